The number of nitrogens with zero attached hydrogens (tertiary/aromatic N) is 2. The highest BCUT2D eigenvalue weighted by Crippen LogP contribution is 2.45. The van der Waals surface area contributed by atoms with E-state index in [9.17, 15) is 0 Å². The van der Waals surface area contributed by atoms with Crippen LogP contribution in [0.5, 0.6) is 0 Å². The first-order valence-corrected chi connectivity index (χ1v) is 17.1. The first kappa shape index (κ1) is 29.0. The number of anilines is 3. The molecule has 2 heterocycles. The summed E-state index contributed by atoms with van der Waals surface area (Å²) in [7, 11) is 0. The summed E-state index contributed by atoms with van der Waals surface area (Å²) in [5.41, 5.74) is 11.7. The van der Waals surface area contributed by atoms with E-state index in [1.807, 2.05) is 42.5 Å². The molecule has 240 valence electrons. The summed E-state index contributed by atoms with van der Waals surface area (Å²) in [5, 5.41) is 4.45. The highest BCUT2D eigenvalue weighted by atomic mass is 16.4. The number of fused-ring (bicyclic) bond motifs is 5. The van der Waals surface area contributed by atoms with E-state index in [4.69, 9.17) is 13.8 Å². The molecule has 0 amide bonds. The van der Waals surface area contributed by atoms with Gasteiger partial charge in [-0.05, 0) is 93.7 Å². The van der Waals surface area contributed by atoms with Crippen molar-refractivity contribution in [1.29, 1.82) is 0 Å². The van der Waals surface area contributed by atoms with E-state index in [-0.39, 0.29) is 0 Å². The fraction of sp³-hybridized carbons (Fsp3) is 0. The summed E-state index contributed by atoms with van der Waals surface area (Å²) >= 11 is 0. The van der Waals surface area contributed by atoms with Crippen molar-refractivity contribution in [2.75, 3.05) is 4.90 Å². The zero-order valence-corrected chi connectivity index (χ0v) is 27.5. The van der Waals surface area contributed by atoms with Crippen LogP contribution < -0.4 is 4.90 Å². The number of benzene rings is 8. The lowest BCUT2D eigenvalue weighted by Gasteiger charge is -2.27. The van der Waals surface area contributed by atoms with Crippen LogP contribution in [0.2, 0.25) is 0 Å². The number of hydrogen-bond donors (Lipinski definition) is 0. The minimum Gasteiger partial charge on any atom is -0.456 e. The van der Waals surface area contributed by atoms with Gasteiger partial charge in [-0.3, -0.25) is 0 Å². The molecular weight excluding hydrogens is 625 g/mol. The molecule has 10 aromatic rings. The molecule has 0 radical (unpaired) electrons. The standard InChI is InChI=1S/C47H30N2O2/c1-3-11-31(12-4-1)36-17-9-18-39(28-36)49(38-25-23-33(24-26-38)37-22-21-32-13-7-8-16-35(32)27-37)42-19-10-20-43-46(42)40-29-45-41(30-44(40)50-43)48-47(51-45)34-14-5-2-6-15-34/h1-30H. The van der Waals surface area contributed by atoms with Crippen LogP contribution in [0.4, 0.5) is 17.1 Å². The number of hydrogen-bond acceptors (Lipinski definition) is 4. The zero-order valence-electron chi connectivity index (χ0n) is 27.5. The first-order valence-electron chi connectivity index (χ1n) is 17.1. The quantitative estimate of drug-likeness (QED) is 0.179. The third kappa shape index (κ3) is 5.13. The second-order valence-electron chi connectivity index (χ2n) is 12.8. The van der Waals surface area contributed by atoms with E-state index >= 15 is 0 Å². The maximum atomic E-state index is 6.53. The third-order valence-electron chi connectivity index (χ3n) is 9.66. The smallest absolute Gasteiger partial charge is 0.227 e. The van der Waals surface area contributed by atoms with Crippen molar-refractivity contribution in [1.82, 2.24) is 4.98 Å². The molecule has 0 aliphatic rings. The minimum atomic E-state index is 0.591. The summed E-state index contributed by atoms with van der Waals surface area (Å²) in [4.78, 5) is 7.13. The molecule has 4 heteroatoms. The molecule has 51 heavy (non-hydrogen) atoms. The first-order chi connectivity index (χ1) is 25.2. The van der Waals surface area contributed by atoms with Gasteiger partial charge in [0.25, 0.3) is 0 Å². The monoisotopic (exact) mass is 654 g/mol. The van der Waals surface area contributed by atoms with Gasteiger partial charge in [0.2, 0.25) is 5.89 Å². The average molecular weight is 655 g/mol. The van der Waals surface area contributed by atoms with Crippen molar-refractivity contribution < 1.29 is 8.83 Å². The Balaban J connectivity index is 1.15. The predicted molar refractivity (Wildman–Crippen MR) is 210 cm³/mol. The summed E-state index contributed by atoms with van der Waals surface area (Å²) < 4.78 is 12.9. The molecule has 0 saturated carbocycles. The summed E-state index contributed by atoms with van der Waals surface area (Å²) in [6, 6.07) is 63.5. The van der Waals surface area contributed by atoms with E-state index in [2.05, 4.69) is 144 Å². The Morgan fingerprint density at radius 1 is 0.392 bits per heavy atom. The molecule has 0 spiro atoms. The number of furan rings is 1. The van der Waals surface area contributed by atoms with Gasteiger partial charge in [0.05, 0.1) is 11.1 Å². The third-order valence-corrected chi connectivity index (χ3v) is 9.66. The SMILES string of the molecule is c1ccc(-c2cccc(N(c3ccc(-c4ccc5ccccc5c4)cc3)c3cccc4oc5cc6nc(-c7ccccc7)oc6cc5c34)c2)cc1. The van der Waals surface area contributed by atoms with Gasteiger partial charge in [0, 0.05) is 28.4 Å². The van der Waals surface area contributed by atoms with Crippen LogP contribution >= 0.6 is 0 Å². The van der Waals surface area contributed by atoms with E-state index in [0.717, 1.165) is 66.8 Å². The van der Waals surface area contributed by atoms with Crippen molar-refractivity contribution in [3.8, 4) is 33.7 Å². The summed E-state index contributed by atoms with van der Waals surface area (Å²) in [6.07, 6.45) is 0. The van der Waals surface area contributed by atoms with Gasteiger partial charge in [-0.25, -0.2) is 4.98 Å². The van der Waals surface area contributed by atoms with Crippen molar-refractivity contribution in [3.05, 3.63) is 182 Å². The molecule has 0 unspecified atom stereocenters. The summed E-state index contributed by atoms with van der Waals surface area (Å²) in [6.45, 7) is 0. The maximum Gasteiger partial charge on any atom is 0.227 e. The second kappa shape index (κ2) is 11.9. The number of aromatic nitrogens is 1. The molecule has 0 atom stereocenters. The predicted octanol–water partition coefficient (Wildman–Crippen LogP) is 13.4. The Bertz CT molecular complexity index is 2850. The lowest BCUT2D eigenvalue weighted by molar-refractivity contribution is 0.620. The van der Waals surface area contributed by atoms with Crippen LogP contribution in [0.1, 0.15) is 0 Å². The van der Waals surface area contributed by atoms with Gasteiger partial charge in [-0.15, -0.1) is 0 Å². The highest BCUT2D eigenvalue weighted by molar-refractivity contribution is 6.15. The Kier molecular flexibility index (Phi) is 6.78. The van der Waals surface area contributed by atoms with Gasteiger partial charge in [-0.1, -0.05) is 115 Å². The molecule has 8 aromatic carbocycles. The molecule has 10 rings (SSSR count). The van der Waals surface area contributed by atoms with Gasteiger partial charge in [0.15, 0.2) is 5.58 Å². The molecule has 0 bridgehead atoms. The fourth-order valence-corrected chi connectivity index (χ4v) is 7.17. The van der Waals surface area contributed by atoms with E-state index in [0.29, 0.717) is 5.89 Å². The van der Waals surface area contributed by atoms with Crippen LogP contribution in [-0.4, -0.2) is 4.98 Å². The topological polar surface area (TPSA) is 42.4 Å². The van der Waals surface area contributed by atoms with Crippen molar-refractivity contribution in [2.45, 2.75) is 0 Å². The average Bonchev–Trinajstić information content (AvgIpc) is 3.79. The second-order valence-corrected chi connectivity index (χ2v) is 12.8. The van der Waals surface area contributed by atoms with Gasteiger partial charge in [0.1, 0.15) is 16.7 Å². The Morgan fingerprint density at radius 3 is 1.88 bits per heavy atom. The van der Waals surface area contributed by atoms with Crippen LogP contribution in [0.15, 0.2) is 191 Å². The molecule has 2 aromatic heterocycles. The highest BCUT2D eigenvalue weighted by Gasteiger charge is 2.21. The molecule has 0 fully saturated rings. The summed E-state index contributed by atoms with van der Waals surface area (Å²) in [5.74, 6) is 0.591. The molecular formula is C47H30N2O2. The van der Waals surface area contributed by atoms with Crippen molar-refractivity contribution in [3.63, 3.8) is 0 Å². The van der Waals surface area contributed by atoms with E-state index in [1.54, 1.807) is 0 Å². The molecule has 0 N–H and O–H groups in total. The molecule has 4 nitrogen and oxygen atoms in total. The lowest BCUT2D eigenvalue weighted by Crippen LogP contribution is -2.10. The number of oxazole rings is 1. The van der Waals surface area contributed by atoms with Gasteiger partial charge in [-0.2, -0.15) is 0 Å². The van der Waals surface area contributed by atoms with Crippen LogP contribution in [0.3, 0.4) is 0 Å². The van der Waals surface area contributed by atoms with Gasteiger partial charge >= 0.3 is 0 Å². The maximum absolute atomic E-state index is 6.53. The van der Waals surface area contributed by atoms with Crippen LogP contribution in [0.25, 0.3) is 77.5 Å². The molecule has 0 saturated heterocycles. The molecule has 0 aliphatic heterocycles. The largest absolute Gasteiger partial charge is 0.456 e. The number of rotatable bonds is 6. The lowest BCUT2D eigenvalue weighted by atomic mass is 10.0. The van der Waals surface area contributed by atoms with Crippen molar-refractivity contribution >= 4 is 60.9 Å². The van der Waals surface area contributed by atoms with Crippen LogP contribution in [0, 0.1) is 0 Å². The molecule has 0 aliphatic carbocycles. The van der Waals surface area contributed by atoms with Crippen LogP contribution in [-0.2, 0) is 0 Å². The van der Waals surface area contributed by atoms with Crippen molar-refractivity contribution in [2.24, 2.45) is 0 Å². The Labute approximate surface area is 294 Å². The zero-order chi connectivity index (χ0) is 33.7. The van der Waals surface area contributed by atoms with E-state index < -0.39 is 0 Å². The Morgan fingerprint density at radius 2 is 1.06 bits per heavy atom. The van der Waals surface area contributed by atoms with Gasteiger partial charge < -0.3 is 13.7 Å². The van der Waals surface area contributed by atoms with E-state index in [1.165, 1.54) is 21.9 Å². The Hall–Kier alpha value is -6.91. The normalized spacial score (nSPS) is 11.5. The minimum absolute atomic E-state index is 0.591. The fourth-order valence-electron chi connectivity index (χ4n) is 7.17.